The first-order valence-corrected chi connectivity index (χ1v) is 5.87. The highest BCUT2D eigenvalue weighted by atomic mass is 32.1. The van der Waals surface area contributed by atoms with E-state index in [0.717, 1.165) is 12.3 Å². The van der Waals surface area contributed by atoms with Crippen molar-refractivity contribution in [1.82, 2.24) is 0 Å². The Balaban J connectivity index is 2.22. The van der Waals surface area contributed by atoms with Gasteiger partial charge in [-0.3, -0.25) is 0 Å². The number of hydrogen-bond donors (Lipinski definition) is 1. The van der Waals surface area contributed by atoms with Gasteiger partial charge in [0.1, 0.15) is 0 Å². The summed E-state index contributed by atoms with van der Waals surface area (Å²) < 4.78 is 0. The molecule has 13 heavy (non-hydrogen) atoms. The van der Waals surface area contributed by atoms with E-state index in [4.69, 9.17) is 5.73 Å². The molecule has 1 atom stereocenters. The van der Waals surface area contributed by atoms with Crippen molar-refractivity contribution in [2.75, 3.05) is 0 Å². The molecule has 0 aliphatic rings. The van der Waals surface area contributed by atoms with E-state index in [-0.39, 0.29) is 6.04 Å². The van der Waals surface area contributed by atoms with Crippen molar-refractivity contribution in [3.63, 3.8) is 0 Å². The number of hydrogen-bond acceptors (Lipinski definition) is 2. The third kappa shape index (κ3) is 3.92. The highest BCUT2D eigenvalue weighted by molar-refractivity contribution is 7.10. The Hall–Kier alpha value is -0.340. The second-order valence-electron chi connectivity index (χ2n) is 3.95. The van der Waals surface area contributed by atoms with E-state index in [0.29, 0.717) is 0 Å². The summed E-state index contributed by atoms with van der Waals surface area (Å²) in [6, 6.07) is 4.46. The van der Waals surface area contributed by atoms with Crippen LogP contribution in [0.2, 0.25) is 0 Å². The standard InChI is InChI=1S/C11H19NS/c1-9(2)5-3-6-10(12)11-7-4-8-13-11/h4,7-10H,3,5-6,12H2,1-2H3. The van der Waals surface area contributed by atoms with Crippen LogP contribution in [0.25, 0.3) is 0 Å². The van der Waals surface area contributed by atoms with Crippen molar-refractivity contribution in [2.24, 2.45) is 11.7 Å². The minimum atomic E-state index is 0.263. The van der Waals surface area contributed by atoms with Crippen LogP contribution in [0.5, 0.6) is 0 Å². The van der Waals surface area contributed by atoms with Crippen LogP contribution < -0.4 is 5.73 Å². The van der Waals surface area contributed by atoms with E-state index in [1.54, 1.807) is 11.3 Å². The lowest BCUT2D eigenvalue weighted by molar-refractivity contribution is 0.508. The lowest BCUT2D eigenvalue weighted by Crippen LogP contribution is -2.08. The molecule has 1 aromatic heterocycles. The van der Waals surface area contributed by atoms with Gasteiger partial charge in [0, 0.05) is 10.9 Å². The Labute approximate surface area is 85.0 Å². The van der Waals surface area contributed by atoms with Crippen LogP contribution in [0.4, 0.5) is 0 Å². The number of nitrogens with two attached hydrogens (primary N) is 1. The molecule has 0 radical (unpaired) electrons. The fourth-order valence-corrected chi connectivity index (χ4v) is 2.15. The van der Waals surface area contributed by atoms with Gasteiger partial charge in [-0.05, 0) is 23.8 Å². The maximum Gasteiger partial charge on any atom is 0.0389 e. The molecule has 1 nitrogen and oxygen atoms in total. The van der Waals surface area contributed by atoms with Gasteiger partial charge in [-0.2, -0.15) is 0 Å². The zero-order valence-electron chi connectivity index (χ0n) is 8.49. The second-order valence-corrected chi connectivity index (χ2v) is 4.93. The highest BCUT2D eigenvalue weighted by Crippen LogP contribution is 2.22. The molecule has 0 saturated carbocycles. The average molecular weight is 197 g/mol. The molecule has 74 valence electrons. The van der Waals surface area contributed by atoms with E-state index >= 15 is 0 Å². The van der Waals surface area contributed by atoms with Crippen molar-refractivity contribution < 1.29 is 0 Å². The van der Waals surface area contributed by atoms with Crippen LogP contribution in [0, 0.1) is 5.92 Å². The van der Waals surface area contributed by atoms with E-state index in [1.807, 2.05) is 0 Å². The van der Waals surface area contributed by atoms with Crippen LogP contribution >= 0.6 is 11.3 Å². The first-order chi connectivity index (χ1) is 6.20. The summed E-state index contributed by atoms with van der Waals surface area (Å²) in [5.41, 5.74) is 6.04. The zero-order valence-corrected chi connectivity index (χ0v) is 9.31. The smallest absolute Gasteiger partial charge is 0.0389 e. The summed E-state index contributed by atoms with van der Waals surface area (Å²) in [6.45, 7) is 4.52. The SMILES string of the molecule is CC(C)CCCC(N)c1cccs1. The molecule has 0 spiro atoms. The molecule has 0 fully saturated rings. The van der Waals surface area contributed by atoms with E-state index in [2.05, 4.69) is 31.4 Å². The Morgan fingerprint density at radius 2 is 2.15 bits per heavy atom. The quantitative estimate of drug-likeness (QED) is 0.767. The summed E-state index contributed by atoms with van der Waals surface area (Å²) in [7, 11) is 0. The largest absolute Gasteiger partial charge is 0.323 e. The second kappa shape index (κ2) is 5.40. The minimum Gasteiger partial charge on any atom is -0.323 e. The van der Waals surface area contributed by atoms with Gasteiger partial charge in [0.15, 0.2) is 0 Å². The number of thiophene rings is 1. The van der Waals surface area contributed by atoms with Crippen molar-refractivity contribution in [1.29, 1.82) is 0 Å². The third-order valence-electron chi connectivity index (χ3n) is 2.21. The number of rotatable bonds is 5. The summed E-state index contributed by atoms with van der Waals surface area (Å²) in [5, 5.41) is 2.09. The molecule has 2 N–H and O–H groups in total. The molecule has 2 heteroatoms. The topological polar surface area (TPSA) is 26.0 Å². The van der Waals surface area contributed by atoms with Gasteiger partial charge in [-0.1, -0.05) is 32.8 Å². The van der Waals surface area contributed by atoms with Gasteiger partial charge >= 0.3 is 0 Å². The first kappa shape index (κ1) is 10.7. The maximum atomic E-state index is 6.04. The van der Waals surface area contributed by atoms with E-state index in [1.165, 1.54) is 17.7 Å². The minimum absolute atomic E-state index is 0.263. The van der Waals surface area contributed by atoms with Gasteiger partial charge in [-0.25, -0.2) is 0 Å². The van der Waals surface area contributed by atoms with E-state index < -0.39 is 0 Å². The van der Waals surface area contributed by atoms with Gasteiger partial charge in [0.05, 0.1) is 0 Å². The molecule has 0 aromatic carbocycles. The van der Waals surface area contributed by atoms with Crippen molar-refractivity contribution >= 4 is 11.3 Å². The van der Waals surface area contributed by atoms with Gasteiger partial charge < -0.3 is 5.73 Å². The van der Waals surface area contributed by atoms with Gasteiger partial charge in [0.25, 0.3) is 0 Å². The zero-order chi connectivity index (χ0) is 9.68. The van der Waals surface area contributed by atoms with Crippen LogP contribution in [-0.4, -0.2) is 0 Å². The molecule has 0 aliphatic carbocycles. The lowest BCUT2D eigenvalue weighted by atomic mass is 10.0. The lowest BCUT2D eigenvalue weighted by Gasteiger charge is -2.10. The van der Waals surface area contributed by atoms with Crippen LogP contribution in [0.1, 0.15) is 44.0 Å². The molecule has 1 heterocycles. The molecular formula is C11H19NS. The Morgan fingerprint density at radius 3 is 2.69 bits per heavy atom. The van der Waals surface area contributed by atoms with Gasteiger partial charge in [0.2, 0.25) is 0 Å². The van der Waals surface area contributed by atoms with Crippen molar-refractivity contribution in [3.8, 4) is 0 Å². The first-order valence-electron chi connectivity index (χ1n) is 4.99. The van der Waals surface area contributed by atoms with Crippen molar-refractivity contribution in [2.45, 2.75) is 39.2 Å². The highest BCUT2D eigenvalue weighted by Gasteiger charge is 2.06. The molecule has 1 unspecified atom stereocenters. The monoisotopic (exact) mass is 197 g/mol. The fraction of sp³-hybridized carbons (Fsp3) is 0.636. The molecule has 0 bridgehead atoms. The molecule has 0 aliphatic heterocycles. The van der Waals surface area contributed by atoms with Crippen LogP contribution in [-0.2, 0) is 0 Å². The summed E-state index contributed by atoms with van der Waals surface area (Å²) >= 11 is 1.76. The Bertz CT molecular complexity index is 216. The maximum absolute atomic E-state index is 6.04. The predicted octanol–water partition coefficient (Wildman–Crippen LogP) is 3.57. The Morgan fingerprint density at radius 1 is 1.38 bits per heavy atom. The Kier molecular flexibility index (Phi) is 4.46. The molecular weight excluding hydrogens is 178 g/mol. The summed E-state index contributed by atoms with van der Waals surface area (Å²) in [6.07, 6.45) is 3.66. The molecule has 1 aromatic rings. The normalized spacial score (nSPS) is 13.5. The van der Waals surface area contributed by atoms with Crippen LogP contribution in [0.3, 0.4) is 0 Å². The van der Waals surface area contributed by atoms with Crippen LogP contribution in [0.15, 0.2) is 17.5 Å². The molecule has 0 saturated heterocycles. The van der Waals surface area contributed by atoms with E-state index in [9.17, 15) is 0 Å². The molecule has 1 rings (SSSR count). The molecule has 0 amide bonds. The predicted molar refractivity (Wildman–Crippen MR) is 59.9 cm³/mol. The average Bonchev–Trinajstić information content (AvgIpc) is 2.55. The summed E-state index contributed by atoms with van der Waals surface area (Å²) in [5.74, 6) is 0.801. The van der Waals surface area contributed by atoms with Gasteiger partial charge in [-0.15, -0.1) is 11.3 Å². The van der Waals surface area contributed by atoms with Crippen molar-refractivity contribution in [3.05, 3.63) is 22.4 Å². The fourth-order valence-electron chi connectivity index (χ4n) is 1.39. The summed E-state index contributed by atoms with van der Waals surface area (Å²) in [4.78, 5) is 1.32. The third-order valence-corrected chi connectivity index (χ3v) is 3.21.